The van der Waals surface area contributed by atoms with Crippen LogP contribution in [0.15, 0.2) is 5.16 Å². The molecule has 1 saturated carbocycles. The third kappa shape index (κ3) is 3.31. The fraction of sp³-hybridized carbons (Fsp3) is 0.529. The van der Waals surface area contributed by atoms with Gasteiger partial charge >= 0.3 is 0 Å². The van der Waals surface area contributed by atoms with Crippen molar-refractivity contribution >= 4 is 34.0 Å². The van der Waals surface area contributed by atoms with Crippen LogP contribution < -0.4 is 5.32 Å². The number of nitrogens with one attached hydrogen (secondary N) is 1. The normalized spacial score (nSPS) is 16.3. The number of thioether (sulfide) groups is 1. The molecular weight excluding hydrogens is 354 g/mol. The minimum absolute atomic E-state index is 0.101. The Labute approximate surface area is 154 Å². The van der Waals surface area contributed by atoms with Crippen molar-refractivity contribution < 1.29 is 4.79 Å². The molecule has 0 radical (unpaired) electrons. The number of fused-ring (bicyclic) bond motifs is 1. The standard InChI is InChI=1S/C17H19N5OS2/c1-22-15(10-6-7-10)20-21-17(22)24-9-14(23)19-16-12(8-18)11-4-2-3-5-13(11)25-16/h10H,2-7,9H2,1H3,(H,19,23). The van der Waals surface area contributed by atoms with Crippen LogP contribution >= 0.6 is 23.1 Å². The molecule has 2 aromatic rings. The average Bonchev–Trinajstić information content (AvgIpc) is 3.29. The largest absolute Gasteiger partial charge is 0.316 e. The van der Waals surface area contributed by atoms with Crippen LogP contribution in [0.4, 0.5) is 5.00 Å². The van der Waals surface area contributed by atoms with Crippen LogP contribution in [0.5, 0.6) is 0 Å². The van der Waals surface area contributed by atoms with Crippen molar-refractivity contribution in [3.63, 3.8) is 0 Å². The van der Waals surface area contributed by atoms with Crippen molar-refractivity contribution in [2.24, 2.45) is 7.05 Å². The molecule has 2 heterocycles. The van der Waals surface area contributed by atoms with Gasteiger partial charge in [-0.1, -0.05) is 11.8 Å². The van der Waals surface area contributed by atoms with Crippen LogP contribution in [0.1, 0.15) is 53.4 Å². The highest BCUT2D eigenvalue weighted by atomic mass is 32.2. The second-order valence-electron chi connectivity index (χ2n) is 6.54. The monoisotopic (exact) mass is 373 g/mol. The van der Waals surface area contributed by atoms with Crippen molar-refractivity contribution in [3.8, 4) is 6.07 Å². The van der Waals surface area contributed by atoms with Gasteiger partial charge in [-0.15, -0.1) is 21.5 Å². The summed E-state index contributed by atoms with van der Waals surface area (Å²) >= 11 is 2.95. The molecule has 6 nitrogen and oxygen atoms in total. The van der Waals surface area contributed by atoms with Crippen LogP contribution in [-0.2, 0) is 24.7 Å². The molecular formula is C17H19N5OS2. The Balaban J connectivity index is 1.41. The number of carbonyl (C=O) groups excluding carboxylic acids is 1. The van der Waals surface area contributed by atoms with Gasteiger partial charge in [0.1, 0.15) is 16.9 Å². The molecule has 0 aliphatic heterocycles. The zero-order valence-corrected chi connectivity index (χ0v) is 15.7. The Bertz CT molecular complexity index is 859. The van der Waals surface area contributed by atoms with Gasteiger partial charge in [0.05, 0.1) is 11.3 Å². The number of carbonyl (C=O) groups is 1. The molecule has 2 aliphatic rings. The summed E-state index contributed by atoms with van der Waals surface area (Å²) in [6, 6.07) is 2.28. The van der Waals surface area contributed by atoms with Gasteiger partial charge in [0, 0.05) is 17.8 Å². The second-order valence-corrected chi connectivity index (χ2v) is 8.59. The average molecular weight is 374 g/mol. The first-order valence-electron chi connectivity index (χ1n) is 8.54. The van der Waals surface area contributed by atoms with Crippen molar-refractivity contribution in [3.05, 3.63) is 21.8 Å². The number of nitrogens with zero attached hydrogens (tertiary/aromatic N) is 4. The highest BCUT2D eigenvalue weighted by Gasteiger charge is 2.29. The van der Waals surface area contributed by atoms with E-state index in [1.54, 1.807) is 11.3 Å². The van der Waals surface area contributed by atoms with E-state index in [0.29, 0.717) is 16.5 Å². The number of amides is 1. The van der Waals surface area contributed by atoms with E-state index in [-0.39, 0.29) is 11.7 Å². The summed E-state index contributed by atoms with van der Waals surface area (Å²) in [6.45, 7) is 0. The fourth-order valence-electron chi connectivity index (χ4n) is 3.21. The minimum Gasteiger partial charge on any atom is -0.316 e. The number of hydrogen-bond acceptors (Lipinski definition) is 6. The van der Waals surface area contributed by atoms with E-state index in [0.717, 1.165) is 42.2 Å². The van der Waals surface area contributed by atoms with E-state index in [1.807, 2.05) is 11.6 Å². The van der Waals surface area contributed by atoms with Gasteiger partial charge in [0.15, 0.2) is 5.16 Å². The topological polar surface area (TPSA) is 83.6 Å². The van der Waals surface area contributed by atoms with Crippen LogP contribution in [0, 0.1) is 11.3 Å². The quantitative estimate of drug-likeness (QED) is 0.814. The summed E-state index contributed by atoms with van der Waals surface area (Å²) < 4.78 is 1.99. The molecule has 2 aromatic heterocycles. The van der Waals surface area contributed by atoms with Gasteiger partial charge in [0.25, 0.3) is 0 Å². The molecule has 0 unspecified atom stereocenters. The molecule has 130 valence electrons. The van der Waals surface area contributed by atoms with Gasteiger partial charge in [-0.05, 0) is 44.1 Å². The third-order valence-electron chi connectivity index (χ3n) is 4.68. The van der Waals surface area contributed by atoms with Crippen LogP contribution in [0.2, 0.25) is 0 Å². The van der Waals surface area contributed by atoms with Crippen molar-refractivity contribution in [2.75, 3.05) is 11.1 Å². The Morgan fingerprint density at radius 1 is 1.40 bits per heavy atom. The molecule has 0 atom stereocenters. The lowest BCUT2D eigenvalue weighted by atomic mass is 9.96. The zero-order chi connectivity index (χ0) is 17.4. The lowest BCUT2D eigenvalue weighted by molar-refractivity contribution is -0.113. The molecule has 0 bridgehead atoms. The van der Waals surface area contributed by atoms with E-state index in [4.69, 9.17) is 0 Å². The molecule has 1 fully saturated rings. The molecule has 0 aromatic carbocycles. The van der Waals surface area contributed by atoms with Crippen LogP contribution in [-0.4, -0.2) is 26.4 Å². The maximum absolute atomic E-state index is 12.3. The van der Waals surface area contributed by atoms with E-state index < -0.39 is 0 Å². The predicted molar refractivity (Wildman–Crippen MR) is 98.0 cm³/mol. The zero-order valence-electron chi connectivity index (χ0n) is 14.0. The molecule has 1 amide bonds. The highest BCUT2D eigenvalue weighted by molar-refractivity contribution is 7.99. The first kappa shape index (κ1) is 16.6. The van der Waals surface area contributed by atoms with Crippen LogP contribution in [0.25, 0.3) is 0 Å². The van der Waals surface area contributed by atoms with E-state index >= 15 is 0 Å². The highest BCUT2D eigenvalue weighted by Crippen LogP contribution is 2.40. The Morgan fingerprint density at radius 2 is 2.20 bits per heavy atom. The van der Waals surface area contributed by atoms with Crippen molar-refractivity contribution in [1.82, 2.24) is 14.8 Å². The predicted octanol–water partition coefficient (Wildman–Crippen LogP) is 3.24. The Morgan fingerprint density at radius 3 is 2.96 bits per heavy atom. The number of hydrogen-bond donors (Lipinski definition) is 1. The first-order valence-corrected chi connectivity index (χ1v) is 10.3. The van der Waals surface area contributed by atoms with Gasteiger partial charge in [-0.3, -0.25) is 4.79 Å². The second kappa shape index (κ2) is 6.81. The molecule has 2 aliphatic carbocycles. The summed E-state index contributed by atoms with van der Waals surface area (Å²) in [5, 5.41) is 22.3. The van der Waals surface area contributed by atoms with Crippen molar-refractivity contribution in [1.29, 1.82) is 5.26 Å². The van der Waals surface area contributed by atoms with E-state index in [2.05, 4.69) is 21.6 Å². The number of aromatic nitrogens is 3. The Hall–Kier alpha value is -1.85. The van der Waals surface area contributed by atoms with Gasteiger partial charge in [-0.2, -0.15) is 5.26 Å². The summed E-state index contributed by atoms with van der Waals surface area (Å²) in [7, 11) is 1.95. The number of nitriles is 1. The Kier molecular flexibility index (Phi) is 4.52. The van der Waals surface area contributed by atoms with Gasteiger partial charge in [0.2, 0.25) is 5.91 Å². The van der Waals surface area contributed by atoms with Gasteiger partial charge < -0.3 is 9.88 Å². The molecule has 0 saturated heterocycles. The number of thiophene rings is 1. The maximum atomic E-state index is 12.3. The summed E-state index contributed by atoms with van der Waals surface area (Å²) in [6.07, 6.45) is 6.60. The number of anilines is 1. The summed E-state index contributed by atoms with van der Waals surface area (Å²) in [4.78, 5) is 13.6. The first-order chi connectivity index (χ1) is 12.2. The van der Waals surface area contributed by atoms with Crippen LogP contribution in [0.3, 0.4) is 0 Å². The van der Waals surface area contributed by atoms with E-state index in [1.165, 1.54) is 29.5 Å². The lowest BCUT2D eigenvalue weighted by Crippen LogP contribution is -2.14. The van der Waals surface area contributed by atoms with Gasteiger partial charge in [-0.25, -0.2) is 0 Å². The number of rotatable bonds is 5. The summed E-state index contributed by atoms with van der Waals surface area (Å²) in [5.41, 5.74) is 1.80. The number of aryl methyl sites for hydroxylation is 1. The lowest BCUT2D eigenvalue weighted by Gasteiger charge is -2.09. The fourth-order valence-corrected chi connectivity index (χ4v) is 5.19. The molecule has 1 N–H and O–H groups in total. The smallest absolute Gasteiger partial charge is 0.235 e. The third-order valence-corrected chi connectivity index (χ3v) is 6.91. The maximum Gasteiger partial charge on any atom is 0.235 e. The molecule has 25 heavy (non-hydrogen) atoms. The van der Waals surface area contributed by atoms with Crippen molar-refractivity contribution in [2.45, 2.75) is 49.6 Å². The SMILES string of the molecule is Cn1c(SCC(=O)Nc2sc3c(c2C#N)CCCC3)nnc1C1CC1. The van der Waals surface area contributed by atoms with E-state index in [9.17, 15) is 10.1 Å². The summed E-state index contributed by atoms with van der Waals surface area (Å²) in [5.74, 6) is 1.72. The minimum atomic E-state index is -0.101. The molecule has 0 spiro atoms. The molecule has 4 rings (SSSR count). The molecule has 8 heteroatoms.